The summed E-state index contributed by atoms with van der Waals surface area (Å²) in [6.45, 7) is 13.5. The highest BCUT2D eigenvalue weighted by Crippen LogP contribution is 2.10. The van der Waals surface area contributed by atoms with Gasteiger partial charge in [0.2, 0.25) is 0 Å². The predicted octanol–water partition coefficient (Wildman–Crippen LogP) is 3.09. The Morgan fingerprint density at radius 1 is 1.30 bits per heavy atom. The normalized spacial score (nSPS) is 11.5. The molecule has 4 heteroatoms. The van der Waals surface area contributed by atoms with Crippen LogP contribution in [-0.2, 0) is 0 Å². The van der Waals surface area contributed by atoms with Crippen molar-refractivity contribution < 1.29 is 4.79 Å². The molecule has 108 valence electrons. The SMILES string of the molecule is CC(C)(C)CNC(=O)c1ccc(C#C[Si](C)(C)C)cn1. The van der Waals surface area contributed by atoms with Crippen LogP contribution >= 0.6 is 0 Å². The fourth-order valence-electron chi connectivity index (χ4n) is 1.30. The van der Waals surface area contributed by atoms with Gasteiger partial charge in [-0.05, 0) is 17.5 Å². The van der Waals surface area contributed by atoms with Crippen LogP contribution in [0.25, 0.3) is 0 Å². The average molecular weight is 288 g/mol. The third-order valence-corrected chi connectivity index (χ3v) is 3.23. The molecule has 3 nitrogen and oxygen atoms in total. The number of hydrogen-bond donors (Lipinski definition) is 1. The lowest BCUT2D eigenvalue weighted by Gasteiger charge is -2.18. The van der Waals surface area contributed by atoms with Crippen LogP contribution in [0.3, 0.4) is 0 Å². The van der Waals surface area contributed by atoms with Gasteiger partial charge in [0.1, 0.15) is 13.8 Å². The molecule has 1 N–H and O–H groups in total. The van der Waals surface area contributed by atoms with Crippen LogP contribution < -0.4 is 5.32 Å². The molecule has 1 aromatic rings. The number of nitrogens with one attached hydrogen (secondary N) is 1. The van der Waals surface area contributed by atoms with Gasteiger partial charge in [-0.3, -0.25) is 4.79 Å². The molecule has 0 atom stereocenters. The van der Waals surface area contributed by atoms with E-state index in [-0.39, 0.29) is 11.3 Å². The second kappa shape index (κ2) is 6.23. The maximum Gasteiger partial charge on any atom is 0.269 e. The van der Waals surface area contributed by atoms with E-state index in [4.69, 9.17) is 0 Å². The van der Waals surface area contributed by atoms with Gasteiger partial charge in [0.25, 0.3) is 5.91 Å². The predicted molar refractivity (Wildman–Crippen MR) is 86.2 cm³/mol. The summed E-state index contributed by atoms with van der Waals surface area (Å²) in [7, 11) is -1.38. The van der Waals surface area contributed by atoms with E-state index in [1.54, 1.807) is 12.3 Å². The zero-order valence-corrected chi connectivity index (χ0v) is 14.3. The lowest BCUT2D eigenvalue weighted by atomic mass is 9.97. The van der Waals surface area contributed by atoms with Crippen molar-refractivity contribution in [3.63, 3.8) is 0 Å². The summed E-state index contributed by atoms with van der Waals surface area (Å²) in [5.74, 6) is 2.99. The van der Waals surface area contributed by atoms with Crippen LogP contribution in [-0.4, -0.2) is 25.5 Å². The third kappa shape index (κ3) is 6.53. The second-order valence-corrected chi connectivity index (χ2v) is 11.9. The van der Waals surface area contributed by atoms with Crippen LogP contribution in [0.4, 0.5) is 0 Å². The molecule has 0 spiro atoms. The van der Waals surface area contributed by atoms with E-state index in [1.165, 1.54) is 0 Å². The van der Waals surface area contributed by atoms with Gasteiger partial charge in [0.05, 0.1) is 0 Å². The highest BCUT2D eigenvalue weighted by molar-refractivity contribution is 6.83. The van der Waals surface area contributed by atoms with E-state index in [1.807, 2.05) is 6.07 Å². The van der Waals surface area contributed by atoms with Crippen molar-refractivity contribution in [2.45, 2.75) is 40.4 Å². The largest absolute Gasteiger partial charge is 0.350 e. The van der Waals surface area contributed by atoms with E-state index < -0.39 is 8.07 Å². The Balaban J connectivity index is 2.71. The molecule has 0 radical (unpaired) electrons. The van der Waals surface area contributed by atoms with E-state index in [2.05, 4.69) is 62.2 Å². The number of amides is 1. The number of carbonyl (C=O) groups excluding carboxylic acids is 1. The average Bonchev–Trinajstić information content (AvgIpc) is 2.32. The van der Waals surface area contributed by atoms with Crippen molar-refractivity contribution in [1.82, 2.24) is 10.3 Å². The first-order valence-electron chi connectivity index (χ1n) is 6.84. The monoisotopic (exact) mass is 288 g/mol. The van der Waals surface area contributed by atoms with Gasteiger partial charge in [0.15, 0.2) is 0 Å². The standard InChI is InChI=1S/C16H24N2OSi/c1-16(2,3)12-18-15(19)14-8-7-13(11-17-14)9-10-20(4,5)6/h7-8,11H,12H2,1-6H3,(H,18,19). The van der Waals surface area contributed by atoms with Gasteiger partial charge >= 0.3 is 0 Å². The summed E-state index contributed by atoms with van der Waals surface area (Å²) in [5, 5.41) is 2.88. The number of pyridine rings is 1. The molecule has 1 amide bonds. The van der Waals surface area contributed by atoms with E-state index in [9.17, 15) is 4.79 Å². The molecule has 0 unspecified atom stereocenters. The molecule has 0 saturated heterocycles. The molecule has 0 aliphatic heterocycles. The molecule has 1 aromatic heterocycles. The molecular formula is C16H24N2OSi. The van der Waals surface area contributed by atoms with Crippen LogP contribution in [0.15, 0.2) is 18.3 Å². The summed E-state index contributed by atoms with van der Waals surface area (Å²) >= 11 is 0. The highest BCUT2D eigenvalue weighted by Gasteiger charge is 2.13. The van der Waals surface area contributed by atoms with Gasteiger partial charge in [-0.2, -0.15) is 0 Å². The zero-order chi connectivity index (χ0) is 15.4. The lowest BCUT2D eigenvalue weighted by Crippen LogP contribution is -2.32. The van der Waals surface area contributed by atoms with E-state index in [0.29, 0.717) is 12.2 Å². The molecule has 0 saturated carbocycles. The van der Waals surface area contributed by atoms with Crippen molar-refractivity contribution in [2.75, 3.05) is 6.54 Å². The smallest absolute Gasteiger partial charge is 0.269 e. The summed E-state index contributed by atoms with van der Waals surface area (Å²) in [6, 6.07) is 3.58. The second-order valence-electron chi connectivity index (χ2n) is 7.18. The Morgan fingerprint density at radius 2 is 1.95 bits per heavy atom. The van der Waals surface area contributed by atoms with Gasteiger partial charge in [-0.1, -0.05) is 46.3 Å². The summed E-state index contributed by atoms with van der Waals surface area (Å²) in [5.41, 5.74) is 4.65. The minimum atomic E-state index is -1.38. The van der Waals surface area contributed by atoms with Gasteiger partial charge < -0.3 is 5.32 Å². The van der Waals surface area contributed by atoms with Crippen LogP contribution in [0.1, 0.15) is 36.8 Å². The maximum atomic E-state index is 11.9. The van der Waals surface area contributed by atoms with E-state index >= 15 is 0 Å². The summed E-state index contributed by atoms with van der Waals surface area (Å²) in [4.78, 5) is 16.1. The molecular weight excluding hydrogens is 264 g/mol. The maximum absolute atomic E-state index is 11.9. The number of carbonyl (C=O) groups is 1. The molecule has 1 heterocycles. The molecule has 0 aliphatic carbocycles. The number of rotatable bonds is 2. The quantitative estimate of drug-likeness (QED) is 0.671. The Morgan fingerprint density at radius 3 is 2.40 bits per heavy atom. The minimum Gasteiger partial charge on any atom is -0.350 e. The minimum absolute atomic E-state index is 0.0679. The summed E-state index contributed by atoms with van der Waals surface area (Å²) in [6.07, 6.45) is 1.67. The van der Waals surface area contributed by atoms with Crippen molar-refractivity contribution in [1.29, 1.82) is 0 Å². The molecule has 0 fully saturated rings. The van der Waals surface area contributed by atoms with Crippen molar-refractivity contribution in [2.24, 2.45) is 5.41 Å². The first-order valence-corrected chi connectivity index (χ1v) is 10.3. The molecule has 0 bridgehead atoms. The van der Waals surface area contributed by atoms with Crippen molar-refractivity contribution >= 4 is 14.0 Å². The van der Waals surface area contributed by atoms with Crippen LogP contribution in [0, 0.1) is 16.9 Å². The Kier molecular flexibility index (Phi) is 5.13. The molecule has 0 aromatic carbocycles. The van der Waals surface area contributed by atoms with Gasteiger partial charge in [-0.25, -0.2) is 4.98 Å². The van der Waals surface area contributed by atoms with E-state index in [0.717, 1.165) is 5.56 Å². The Hall–Kier alpha value is -1.60. The number of aromatic nitrogens is 1. The van der Waals surface area contributed by atoms with Crippen molar-refractivity contribution in [3.05, 3.63) is 29.6 Å². The lowest BCUT2D eigenvalue weighted by molar-refractivity contribution is 0.0934. The fraction of sp³-hybridized carbons (Fsp3) is 0.500. The fourth-order valence-corrected chi connectivity index (χ4v) is 1.82. The Labute approximate surface area is 123 Å². The van der Waals surface area contributed by atoms with Crippen LogP contribution in [0.5, 0.6) is 0 Å². The molecule has 0 aliphatic rings. The zero-order valence-electron chi connectivity index (χ0n) is 13.3. The topological polar surface area (TPSA) is 42.0 Å². The molecule has 1 rings (SSSR count). The molecule has 20 heavy (non-hydrogen) atoms. The first-order chi connectivity index (χ1) is 9.07. The highest BCUT2D eigenvalue weighted by atomic mass is 28.3. The first kappa shape index (κ1) is 16.5. The van der Waals surface area contributed by atoms with Gasteiger partial charge in [-0.15, -0.1) is 5.54 Å². The number of nitrogens with zero attached hydrogens (tertiary/aromatic N) is 1. The van der Waals surface area contributed by atoms with Crippen LogP contribution in [0.2, 0.25) is 19.6 Å². The number of hydrogen-bond acceptors (Lipinski definition) is 2. The summed E-state index contributed by atoms with van der Waals surface area (Å²) < 4.78 is 0. The Bertz CT molecular complexity index is 525. The third-order valence-electron chi connectivity index (χ3n) is 2.36. The van der Waals surface area contributed by atoms with Gasteiger partial charge in [0, 0.05) is 18.3 Å². The van der Waals surface area contributed by atoms with Crippen molar-refractivity contribution in [3.8, 4) is 11.5 Å².